The summed E-state index contributed by atoms with van der Waals surface area (Å²) < 4.78 is 5.08. The molecule has 0 atom stereocenters. The largest absolute Gasteiger partial charge is 0.378 e. The third kappa shape index (κ3) is 2.09. The van der Waals surface area contributed by atoms with Crippen LogP contribution in [0.25, 0.3) is 10.9 Å². The average molecular weight is 230 g/mol. The molecule has 1 saturated heterocycles. The minimum absolute atomic E-state index is 0.0172. The lowest BCUT2D eigenvalue weighted by Crippen LogP contribution is -2.46. The zero-order valence-electron chi connectivity index (χ0n) is 9.40. The highest BCUT2D eigenvalue weighted by Crippen LogP contribution is 2.10. The lowest BCUT2D eigenvalue weighted by atomic mass is 10.1. The maximum Gasteiger partial charge on any atom is 0.252 e. The van der Waals surface area contributed by atoms with Gasteiger partial charge in [-0.2, -0.15) is 0 Å². The fourth-order valence-electron chi connectivity index (χ4n) is 1.93. The van der Waals surface area contributed by atoms with E-state index >= 15 is 0 Å². The summed E-state index contributed by atoms with van der Waals surface area (Å²) >= 11 is 0. The average Bonchev–Trinajstić information content (AvgIpc) is 2.27. The molecule has 1 fully saturated rings. The zero-order valence-corrected chi connectivity index (χ0v) is 9.40. The minimum atomic E-state index is -0.0172. The van der Waals surface area contributed by atoms with Crippen LogP contribution < -0.4 is 10.9 Å². The Kier molecular flexibility index (Phi) is 2.66. The standard InChI is InChI=1S/C13H14N2O2/c16-13-10(6-14-11-7-17-8-11)5-9-3-1-2-4-12(9)15-13/h1-5,11,14H,6-8H2,(H,15,16). The number of hydrogen-bond acceptors (Lipinski definition) is 3. The molecule has 1 aromatic heterocycles. The highest BCUT2D eigenvalue weighted by Gasteiger charge is 2.17. The van der Waals surface area contributed by atoms with Gasteiger partial charge in [-0.15, -0.1) is 0 Å². The summed E-state index contributed by atoms with van der Waals surface area (Å²) in [5.74, 6) is 0. The van der Waals surface area contributed by atoms with Gasteiger partial charge in [-0.05, 0) is 17.5 Å². The number of benzene rings is 1. The topological polar surface area (TPSA) is 54.1 Å². The van der Waals surface area contributed by atoms with E-state index in [1.807, 2.05) is 30.3 Å². The van der Waals surface area contributed by atoms with Gasteiger partial charge < -0.3 is 15.0 Å². The van der Waals surface area contributed by atoms with E-state index in [4.69, 9.17) is 4.74 Å². The number of fused-ring (bicyclic) bond motifs is 1. The number of H-pyrrole nitrogens is 1. The van der Waals surface area contributed by atoms with Crippen LogP contribution in [0.1, 0.15) is 5.56 Å². The number of ether oxygens (including phenoxy) is 1. The second-order valence-corrected chi connectivity index (χ2v) is 4.33. The van der Waals surface area contributed by atoms with Crippen LogP contribution in [0.4, 0.5) is 0 Å². The number of hydrogen-bond donors (Lipinski definition) is 2. The molecule has 1 aliphatic heterocycles. The van der Waals surface area contributed by atoms with Crippen molar-refractivity contribution in [3.8, 4) is 0 Å². The van der Waals surface area contributed by atoms with Gasteiger partial charge in [0.1, 0.15) is 0 Å². The highest BCUT2D eigenvalue weighted by molar-refractivity contribution is 5.78. The molecule has 4 nitrogen and oxygen atoms in total. The van der Waals surface area contributed by atoms with Crippen molar-refractivity contribution in [2.24, 2.45) is 0 Å². The first-order chi connectivity index (χ1) is 8.33. The number of aromatic nitrogens is 1. The van der Waals surface area contributed by atoms with Crippen LogP contribution >= 0.6 is 0 Å². The molecule has 17 heavy (non-hydrogen) atoms. The molecule has 0 spiro atoms. The van der Waals surface area contributed by atoms with Gasteiger partial charge in [0.05, 0.1) is 19.3 Å². The van der Waals surface area contributed by atoms with Crippen molar-refractivity contribution < 1.29 is 4.74 Å². The number of para-hydroxylation sites is 1. The van der Waals surface area contributed by atoms with Crippen LogP contribution in [0, 0.1) is 0 Å². The third-order valence-corrected chi connectivity index (χ3v) is 3.05. The van der Waals surface area contributed by atoms with E-state index < -0.39 is 0 Å². The fraction of sp³-hybridized carbons (Fsp3) is 0.308. The van der Waals surface area contributed by atoms with Gasteiger partial charge in [0, 0.05) is 17.6 Å². The molecule has 1 aromatic carbocycles. The van der Waals surface area contributed by atoms with Crippen molar-refractivity contribution >= 4 is 10.9 Å². The first-order valence-electron chi connectivity index (χ1n) is 5.75. The molecule has 2 heterocycles. The summed E-state index contributed by atoms with van der Waals surface area (Å²) in [6.07, 6.45) is 0. The Bertz CT molecular complexity index is 587. The summed E-state index contributed by atoms with van der Waals surface area (Å²) in [5.41, 5.74) is 1.64. The quantitative estimate of drug-likeness (QED) is 0.827. The zero-order chi connectivity index (χ0) is 11.7. The molecule has 0 unspecified atom stereocenters. The van der Waals surface area contributed by atoms with Gasteiger partial charge in [0.2, 0.25) is 0 Å². The van der Waals surface area contributed by atoms with E-state index in [1.165, 1.54) is 0 Å². The molecule has 88 valence electrons. The monoisotopic (exact) mass is 230 g/mol. The number of nitrogens with one attached hydrogen (secondary N) is 2. The van der Waals surface area contributed by atoms with Crippen molar-refractivity contribution in [2.75, 3.05) is 13.2 Å². The number of rotatable bonds is 3. The summed E-state index contributed by atoms with van der Waals surface area (Å²) in [5, 5.41) is 4.36. The molecule has 2 N–H and O–H groups in total. The lowest BCUT2D eigenvalue weighted by Gasteiger charge is -2.26. The van der Waals surface area contributed by atoms with E-state index in [1.54, 1.807) is 0 Å². The number of aromatic amines is 1. The van der Waals surface area contributed by atoms with Crippen LogP contribution in [0.15, 0.2) is 35.1 Å². The Balaban J connectivity index is 1.87. The molecule has 3 rings (SSSR count). The van der Waals surface area contributed by atoms with Crippen LogP contribution in [0.2, 0.25) is 0 Å². The molecule has 0 saturated carbocycles. The van der Waals surface area contributed by atoms with Gasteiger partial charge in [0.25, 0.3) is 5.56 Å². The second kappa shape index (κ2) is 4.31. The van der Waals surface area contributed by atoms with Crippen LogP contribution in [0.5, 0.6) is 0 Å². The summed E-state index contributed by atoms with van der Waals surface area (Å²) in [6, 6.07) is 10.1. The molecule has 0 amide bonds. The van der Waals surface area contributed by atoms with E-state index in [0.29, 0.717) is 12.6 Å². The molecule has 0 aliphatic carbocycles. The first kappa shape index (κ1) is 10.5. The maximum absolute atomic E-state index is 11.8. The summed E-state index contributed by atoms with van der Waals surface area (Å²) in [7, 11) is 0. The highest BCUT2D eigenvalue weighted by atomic mass is 16.5. The van der Waals surface area contributed by atoms with Gasteiger partial charge in [0.15, 0.2) is 0 Å². The molecule has 2 aromatic rings. The predicted molar refractivity (Wildman–Crippen MR) is 66.0 cm³/mol. The van der Waals surface area contributed by atoms with Crippen molar-refractivity contribution in [1.29, 1.82) is 0 Å². The van der Waals surface area contributed by atoms with E-state index in [0.717, 1.165) is 29.7 Å². The van der Waals surface area contributed by atoms with E-state index in [2.05, 4.69) is 10.3 Å². The van der Waals surface area contributed by atoms with Crippen LogP contribution in [-0.4, -0.2) is 24.2 Å². The van der Waals surface area contributed by atoms with E-state index in [-0.39, 0.29) is 5.56 Å². The Labute approximate surface area is 98.6 Å². The maximum atomic E-state index is 11.8. The van der Waals surface area contributed by atoms with Crippen LogP contribution in [-0.2, 0) is 11.3 Å². The summed E-state index contributed by atoms with van der Waals surface area (Å²) in [4.78, 5) is 14.7. The second-order valence-electron chi connectivity index (χ2n) is 4.33. The summed E-state index contributed by atoms with van der Waals surface area (Å²) in [6.45, 7) is 2.07. The SMILES string of the molecule is O=c1[nH]c2ccccc2cc1CNC1COC1. The van der Waals surface area contributed by atoms with Crippen molar-refractivity contribution in [3.63, 3.8) is 0 Å². The minimum Gasteiger partial charge on any atom is -0.378 e. The van der Waals surface area contributed by atoms with Crippen LogP contribution in [0.3, 0.4) is 0 Å². The molecule has 1 aliphatic rings. The smallest absolute Gasteiger partial charge is 0.252 e. The van der Waals surface area contributed by atoms with Gasteiger partial charge in [-0.3, -0.25) is 4.79 Å². The normalized spacial score (nSPS) is 16.0. The Morgan fingerprint density at radius 2 is 2.18 bits per heavy atom. The third-order valence-electron chi connectivity index (χ3n) is 3.05. The Morgan fingerprint density at radius 3 is 2.94 bits per heavy atom. The predicted octanol–water partition coefficient (Wildman–Crippen LogP) is 1.02. The van der Waals surface area contributed by atoms with Gasteiger partial charge in [-0.25, -0.2) is 0 Å². The van der Waals surface area contributed by atoms with Crippen molar-refractivity contribution in [3.05, 3.63) is 46.2 Å². The van der Waals surface area contributed by atoms with Gasteiger partial charge in [-0.1, -0.05) is 18.2 Å². The van der Waals surface area contributed by atoms with Gasteiger partial charge >= 0.3 is 0 Å². The van der Waals surface area contributed by atoms with Crippen molar-refractivity contribution in [1.82, 2.24) is 10.3 Å². The molecular weight excluding hydrogens is 216 g/mol. The van der Waals surface area contributed by atoms with Crippen molar-refractivity contribution in [2.45, 2.75) is 12.6 Å². The lowest BCUT2D eigenvalue weighted by molar-refractivity contribution is -0.00582. The fourth-order valence-corrected chi connectivity index (χ4v) is 1.93. The Hall–Kier alpha value is -1.65. The first-order valence-corrected chi connectivity index (χ1v) is 5.75. The molecule has 4 heteroatoms. The molecular formula is C13H14N2O2. The molecule has 0 radical (unpaired) electrons. The van der Waals surface area contributed by atoms with E-state index in [9.17, 15) is 4.79 Å². The Morgan fingerprint density at radius 1 is 1.35 bits per heavy atom. The molecule has 0 bridgehead atoms. The number of pyridine rings is 1.